The predicted molar refractivity (Wildman–Crippen MR) is 21.2 cm³/mol. The molecular formula is C3H5F2NO2. The molecule has 0 bridgehead atoms. The number of hydrogen-bond acceptors (Lipinski definition) is 2. The molecule has 0 aliphatic carbocycles. The van der Waals surface area contributed by atoms with Crippen molar-refractivity contribution in [3.8, 4) is 0 Å². The molecule has 8 heavy (non-hydrogen) atoms. The number of carboxylic acid groups (broad SMARTS) is 1. The van der Waals surface area contributed by atoms with E-state index in [1.54, 1.807) is 0 Å². The van der Waals surface area contributed by atoms with E-state index in [9.17, 15) is 13.8 Å². The van der Waals surface area contributed by atoms with Crippen LogP contribution in [0.25, 0.3) is 0 Å². The van der Waals surface area contributed by atoms with Crippen molar-refractivity contribution in [3.63, 3.8) is 0 Å². The van der Waals surface area contributed by atoms with Gasteiger partial charge in [-0.15, -0.1) is 8.96 Å². The van der Waals surface area contributed by atoms with Gasteiger partial charge >= 0.3 is 5.97 Å². The lowest BCUT2D eigenvalue weighted by atomic mass is 10.4. The summed E-state index contributed by atoms with van der Waals surface area (Å²) in [4.78, 5) is 9.62. The first kappa shape index (κ1) is 7.29. The number of carboxylic acids is 1. The van der Waals surface area contributed by atoms with Crippen molar-refractivity contribution in [3.05, 3.63) is 0 Å². The van der Waals surface area contributed by atoms with E-state index < -0.39 is 17.4 Å². The van der Waals surface area contributed by atoms with Crippen LogP contribution in [-0.2, 0) is 4.79 Å². The van der Waals surface area contributed by atoms with Crippen molar-refractivity contribution in [1.29, 1.82) is 0 Å². The lowest BCUT2D eigenvalue weighted by Gasteiger charge is -2.02. The molecule has 0 aliphatic rings. The van der Waals surface area contributed by atoms with E-state index in [0.29, 0.717) is 0 Å². The van der Waals surface area contributed by atoms with Crippen molar-refractivity contribution in [2.45, 2.75) is 13.0 Å². The second-order valence-electron chi connectivity index (χ2n) is 1.27. The number of nitrogens with zero attached hydrogens (tertiary/aromatic N) is 1. The maximum atomic E-state index is 11.1. The Morgan fingerprint density at radius 1 is 1.75 bits per heavy atom. The monoisotopic (exact) mass is 125 g/mol. The van der Waals surface area contributed by atoms with E-state index in [4.69, 9.17) is 5.11 Å². The Kier molecular flexibility index (Phi) is 2.33. The number of rotatable bonds is 2. The van der Waals surface area contributed by atoms with Gasteiger partial charge in [0.2, 0.25) is 0 Å². The van der Waals surface area contributed by atoms with Crippen molar-refractivity contribution in [2.75, 3.05) is 0 Å². The fourth-order valence-electron chi connectivity index (χ4n) is 0.0835. The minimum atomic E-state index is -1.71. The highest BCUT2D eigenvalue weighted by Crippen LogP contribution is 1.98. The lowest BCUT2D eigenvalue weighted by Crippen LogP contribution is -2.26. The molecule has 1 atom stereocenters. The van der Waals surface area contributed by atoms with Crippen LogP contribution in [0.1, 0.15) is 6.92 Å². The van der Waals surface area contributed by atoms with Gasteiger partial charge in [0.05, 0.1) is 0 Å². The summed E-state index contributed by atoms with van der Waals surface area (Å²) in [7, 11) is 0. The second-order valence-corrected chi connectivity index (χ2v) is 1.27. The summed E-state index contributed by atoms with van der Waals surface area (Å²) in [5.74, 6) is -1.53. The van der Waals surface area contributed by atoms with Gasteiger partial charge in [-0.3, -0.25) is 4.79 Å². The highest BCUT2D eigenvalue weighted by atomic mass is 19.4. The number of aliphatic carboxylic acids is 1. The molecule has 5 heteroatoms. The Bertz CT molecular complexity index is 95.3. The fourth-order valence-corrected chi connectivity index (χ4v) is 0.0835. The van der Waals surface area contributed by atoms with Crippen LogP contribution < -0.4 is 0 Å². The third kappa shape index (κ3) is 1.83. The van der Waals surface area contributed by atoms with Crippen LogP contribution in [0.15, 0.2) is 0 Å². The number of hydrogen-bond donors (Lipinski definition) is 1. The van der Waals surface area contributed by atoms with Crippen LogP contribution in [0.2, 0.25) is 0 Å². The molecule has 0 fully saturated rings. The molecule has 48 valence electrons. The van der Waals surface area contributed by atoms with Crippen LogP contribution in [-0.4, -0.2) is 22.5 Å². The van der Waals surface area contributed by atoms with E-state index in [2.05, 4.69) is 0 Å². The zero-order valence-electron chi connectivity index (χ0n) is 4.14. The number of halogens is 2. The molecule has 0 radical (unpaired) electrons. The normalized spacial score (nSPS) is 14.0. The summed E-state index contributed by atoms with van der Waals surface area (Å²) in [6.07, 6.45) is 0. The largest absolute Gasteiger partial charge is 0.480 e. The quantitative estimate of drug-likeness (QED) is 0.547. The second kappa shape index (κ2) is 2.56. The van der Waals surface area contributed by atoms with Crippen LogP contribution >= 0.6 is 0 Å². The smallest absolute Gasteiger partial charge is 0.326 e. The summed E-state index contributed by atoms with van der Waals surface area (Å²) < 4.78 is 22.3. The van der Waals surface area contributed by atoms with E-state index in [-0.39, 0.29) is 0 Å². The van der Waals surface area contributed by atoms with Crippen LogP contribution in [0.3, 0.4) is 0 Å². The molecule has 0 saturated heterocycles. The topological polar surface area (TPSA) is 40.5 Å². The molecule has 1 N–H and O–H groups in total. The van der Waals surface area contributed by atoms with Gasteiger partial charge in [0.25, 0.3) is 0 Å². The van der Waals surface area contributed by atoms with E-state index in [1.807, 2.05) is 0 Å². The average Bonchev–Trinajstić information content (AvgIpc) is 1.64. The SMILES string of the molecule is CC(C(=O)O)N(F)F. The molecule has 1 unspecified atom stereocenters. The zero-order valence-corrected chi connectivity index (χ0v) is 4.14. The van der Waals surface area contributed by atoms with Crippen molar-refractivity contribution >= 4 is 5.97 Å². The molecule has 0 aliphatic heterocycles. The van der Waals surface area contributed by atoms with Gasteiger partial charge in [-0.1, -0.05) is 0 Å². The number of carbonyl (C=O) groups is 1. The molecule has 0 aromatic rings. The molecule has 0 aromatic heterocycles. The van der Waals surface area contributed by atoms with Crippen LogP contribution in [0.5, 0.6) is 0 Å². The van der Waals surface area contributed by atoms with Gasteiger partial charge in [-0.2, -0.15) is 0 Å². The van der Waals surface area contributed by atoms with Crippen molar-refractivity contribution in [1.82, 2.24) is 5.34 Å². The maximum absolute atomic E-state index is 11.1. The standard InChI is InChI=1S/C3H5F2NO2/c1-2(3(7)8)6(4)5/h2H,1H3,(H,7,8). The molecule has 0 rings (SSSR count). The Balaban J connectivity index is 3.64. The lowest BCUT2D eigenvalue weighted by molar-refractivity contribution is -0.197. The third-order valence-electron chi connectivity index (χ3n) is 0.650. The Morgan fingerprint density at radius 2 is 2.12 bits per heavy atom. The molecule has 3 nitrogen and oxygen atoms in total. The summed E-state index contributed by atoms with van der Waals surface area (Å²) in [5, 5.41) is 6.47. The van der Waals surface area contributed by atoms with E-state index in [1.165, 1.54) is 0 Å². The van der Waals surface area contributed by atoms with Crippen molar-refractivity contribution in [2.24, 2.45) is 0 Å². The Morgan fingerprint density at radius 3 is 2.12 bits per heavy atom. The Hall–Kier alpha value is -0.710. The van der Waals surface area contributed by atoms with E-state index >= 15 is 0 Å². The van der Waals surface area contributed by atoms with Gasteiger partial charge in [0.1, 0.15) is 0 Å². The summed E-state index contributed by atoms with van der Waals surface area (Å²) in [6.45, 7) is 0.891. The van der Waals surface area contributed by atoms with Gasteiger partial charge in [-0.05, 0) is 6.92 Å². The molecule has 0 spiro atoms. The van der Waals surface area contributed by atoms with Crippen molar-refractivity contribution < 1.29 is 18.9 Å². The van der Waals surface area contributed by atoms with Crippen LogP contribution in [0, 0.1) is 0 Å². The summed E-state index contributed by atoms with van der Waals surface area (Å²) in [5.41, 5.74) is 0. The Labute approximate surface area is 44.4 Å². The predicted octanol–water partition coefficient (Wildman–Crippen LogP) is 0.531. The molecule has 0 amide bonds. The van der Waals surface area contributed by atoms with Gasteiger partial charge in [0.15, 0.2) is 6.04 Å². The minimum Gasteiger partial charge on any atom is -0.480 e. The fraction of sp³-hybridized carbons (Fsp3) is 0.667. The molecule has 0 heterocycles. The molecular weight excluding hydrogens is 120 g/mol. The van der Waals surface area contributed by atoms with Gasteiger partial charge in [-0.25, -0.2) is 0 Å². The average molecular weight is 125 g/mol. The third-order valence-corrected chi connectivity index (χ3v) is 0.650. The first-order valence-corrected chi connectivity index (χ1v) is 1.89. The van der Waals surface area contributed by atoms with E-state index in [0.717, 1.165) is 6.92 Å². The van der Waals surface area contributed by atoms with Gasteiger partial charge in [0, 0.05) is 5.34 Å². The first-order chi connectivity index (χ1) is 3.55. The van der Waals surface area contributed by atoms with Crippen LogP contribution in [0.4, 0.5) is 8.96 Å². The highest BCUT2D eigenvalue weighted by Gasteiger charge is 2.19. The molecule has 0 aromatic carbocycles. The minimum absolute atomic E-state index is 0.891. The highest BCUT2D eigenvalue weighted by molar-refractivity contribution is 5.72. The first-order valence-electron chi connectivity index (χ1n) is 1.89. The van der Waals surface area contributed by atoms with Gasteiger partial charge < -0.3 is 5.11 Å². The summed E-state index contributed by atoms with van der Waals surface area (Å²) in [6, 6.07) is -1.71. The summed E-state index contributed by atoms with van der Waals surface area (Å²) >= 11 is 0. The zero-order chi connectivity index (χ0) is 6.73. The maximum Gasteiger partial charge on any atom is 0.326 e. The molecule has 0 saturated carbocycles.